The summed E-state index contributed by atoms with van der Waals surface area (Å²) in [6, 6.07) is 14.4. The number of carbonyl (C=O) groups excluding carboxylic acids is 3. The van der Waals surface area contributed by atoms with Crippen molar-refractivity contribution in [3.05, 3.63) is 54.1 Å². The van der Waals surface area contributed by atoms with E-state index < -0.39 is 6.04 Å². The van der Waals surface area contributed by atoms with Gasteiger partial charge >= 0.3 is 0 Å². The molecule has 7 nitrogen and oxygen atoms in total. The number of methoxy groups -OCH3 is 1. The van der Waals surface area contributed by atoms with Crippen molar-refractivity contribution in [1.82, 2.24) is 4.90 Å². The maximum absolute atomic E-state index is 12.9. The molecule has 2 aromatic carbocycles. The number of hydrogen-bond acceptors (Lipinski definition) is 4. The average Bonchev–Trinajstić information content (AvgIpc) is 3.28. The van der Waals surface area contributed by atoms with E-state index in [9.17, 15) is 14.4 Å². The van der Waals surface area contributed by atoms with Crippen LogP contribution in [0.15, 0.2) is 48.5 Å². The van der Waals surface area contributed by atoms with E-state index in [1.165, 1.54) is 0 Å². The molecule has 3 amide bonds. The molecule has 0 aliphatic carbocycles. The first-order chi connectivity index (χ1) is 15.0. The number of para-hydroxylation sites is 1. The molecule has 0 aromatic heterocycles. The highest BCUT2D eigenvalue weighted by atomic mass is 16.5. The lowest BCUT2D eigenvalue weighted by Crippen LogP contribution is -2.43. The molecule has 31 heavy (non-hydrogen) atoms. The fraction of sp³-hybridized carbons (Fsp3) is 0.375. The maximum Gasteiger partial charge on any atom is 0.247 e. The number of hydrogen-bond donors (Lipinski definition) is 2. The SMILES string of the molecule is COc1ccc(NC(=O)C2CCCN2C(=O)CCC2Cc3ccccc3NC2=O)cc1. The van der Waals surface area contributed by atoms with Crippen LogP contribution in [-0.2, 0) is 20.8 Å². The molecule has 2 N–H and O–H groups in total. The Hall–Kier alpha value is -3.35. The lowest BCUT2D eigenvalue weighted by Gasteiger charge is -2.27. The summed E-state index contributed by atoms with van der Waals surface area (Å²) < 4.78 is 5.13. The van der Waals surface area contributed by atoms with Crippen LogP contribution in [0.3, 0.4) is 0 Å². The van der Waals surface area contributed by atoms with Gasteiger partial charge in [-0.05, 0) is 61.6 Å². The quantitative estimate of drug-likeness (QED) is 0.750. The van der Waals surface area contributed by atoms with Crippen molar-refractivity contribution >= 4 is 29.1 Å². The Morgan fingerprint density at radius 1 is 1.16 bits per heavy atom. The molecule has 2 heterocycles. The highest BCUT2D eigenvalue weighted by Gasteiger charge is 2.35. The summed E-state index contributed by atoms with van der Waals surface area (Å²) in [6.07, 6.45) is 2.81. The Bertz CT molecular complexity index is 973. The lowest BCUT2D eigenvalue weighted by molar-refractivity contribution is -0.137. The van der Waals surface area contributed by atoms with Gasteiger partial charge in [0.25, 0.3) is 0 Å². The molecule has 1 saturated heterocycles. The van der Waals surface area contributed by atoms with Crippen molar-refractivity contribution in [2.45, 2.75) is 38.1 Å². The molecule has 7 heteroatoms. The highest BCUT2D eigenvalue weighted by molar-refractivity contribution is 5.98. The average molecular weight is 421 g/mol. The van der Waals surface area contributed by atoms with Gasteiger partial charge in [-0.2, -0.15) is 0 Å². The van der Waals surface area contributed by atoms with Crippen molar-refractivity contribution in [3.8, 4) is 5.75 Å². The number of anilines is 2. The van der Waals surface area contributed by atoms with E-state index in [0.29, 0.717) is 37.2 Å². The number of fused-ring (bicyclic) bond motifs is 1. The van der Waals surface area contributed by atoms with Crippen molar-refractivity contribution < 1.29 is 19.1 Å². The van der Waals surface area contributed by atoms with E-state index in [1.54, 1.807) is 36.3 Å². The number of carbonyl (C=O) groups is 3. The molecule has 2 aliphatic heterocycles. The van der Waals surface area contributed by atoms with Crippen LogP contribution in [-0.4, -0.2) is 42.3 Å². The van der Waals surface area contributed by atoms with Crippen molar-refractivity contribution in [2.75, 3.05) is 24.3 Å². The molecule has 2 atom stereocenters. The van der Waals surface area contributed by atoms with Crippen LogP contribution in [0.5, 0.6) is 5.75 Å². The summed E-state index contributed by atoms with van der Waals surface area (Å²) in [5.74, 6) is 0.194. The topological polar surface area (TPSA) is 87.7 Å². The number of nitrogens with one attached hydrogen (secondary N) is 2. The third kappa shape index (κ3) is 4.71. The zero-order chi connectivity index (χ0) is 21.8. The molecule has 2 unspecified atom stereocenters. The Balaban J connectivity index is 1.33. The number of amides is 3. The molecule has 2 aliphatic rings. The number of benzene rings is 2. The first kappa shape index (κ1) is 20.9. The first-order valence-corrected chi connectivity index (χ1v) is 10.7. The minimum absolute atomic E-state index is 0.0401. The van der Waals surface area contributed by atoms with E-state index >= 15 is 0 Å². The minimum Gasteiger partial charge on any atom is -0.497 e. The molecule has 0 radical (unpaired) electrons. The van der Waals surface area contributed by atoms with Crippen LogP contribution < -0.4 is 15.4 Å². The Labute approximate surface area is 181 Å². The predicted molar refractivity (Wildman–Crippen MR) is 118 cm³/mol. The van der Waals surface area contributed by atoms with Gasteiger partial charge in [0, 0.05) is 30.3 Å². The summed E-state index contributed by atoms with van der Waals surface area (Å²) in [5, 5.41) is 5.82. The normalized spacial score (nSPS) is 20.0. The fourth-order valence-electron chi connectivity index (χ4n) is 4.33. The maximum atomic E-state index is 12.9. The molecule has 162 valence electrons. The van der Waals surface area contributed by atoms with Gasteiger partial charge in [-0.25, -0.2) is 0 Å². The van der Waals surface area contributed by atoms with Gasteiger partial charge in [0.15, 0.2) is 0 Å². The second-order valence-corrected chi connectivity index (χ2v) is 8.05. The first-order valence-electron chi connectivity index (χ1n) is 10.7. The largest absolute Gasteiger partial charge is 0.497 e. The number of likely N-dealkylation sites (tertiary alicyclic amines) is 1. The molecular formula is C24H27N3O4. The third-order valence-corrected chi connectivity index (χ3v) is 6.05. The molecule has 1 fully saturated rings. The van der Waals surface area contributed by atoms with Crippen molar-refractivity contribution in [3.63, 3.8) is 0 Å². The minimum atomic E-state index is -0.476. The Morgan fingerprint density at radius 2 is 1.94 bits per heavy atom. The summed E-state index contributed by atoms with van der Waals surface area (Å²) >= 11 is 0. The van der Waals surface area contributed by atoms with E-state index in [-0.39, 0.29) is 30.1 Å². The van der Waals surface area contributed by atoms with Crippen LogP contribution in [0, 0.1) is 5.92 Å². The second-order valence-electron chi connectivity index (χ2n) is 8.05. The van der Waals surface area contributed by atoms with Crippen molar-refractivity contribution in [2.24, 2.45) is 5.92 Å². The monoisotopic (exact) mass is 421 g/mol. The van der Waals surface area contributed by atoms with E-state index in [1.807, 2.05) is 24.3 Å². The smallest absolute Gasteiger partial charge is 0.247 e. The van der Waals surface area contributed by atoms with Gasteiger partial charge in [-0.1, -0.05) is 18.2 Å². The lowest BCUT2D eigenvalue weighted by atomic mass is 9.89. The van der Waals surface area contributed by atoms with Crippen LogP contribution in [0.2, 0.25) is 0 Å². The second kappa shape index (κ2) is 9.20. The molecule has 0 spiro atoms. The van der Waals surface area contributed by atoms with Crippen LogP contribution in [0.1, 0.15) is 31.2 Å². The zero-order valence-electron chi connectivity index (χ0n) is 17.6. The van der Waals surface area contributed by atoms with E-state index in [4.69, 9.17) is 4.74 Å². The molecule has 0 bridgehead atoms. The third-order valence-electron chi connectivity index (χ3n) is 6.05. The predicted octanol–water partition coefficient (Wildman–Crippen LogP) is 3.22. The Kier molecular flexibility index (Phi) is 6.21. The van der Waals surface area contributed by atoms with Gasteiger partial charge in [0.2, 0.25) is 17.7 Å². The van der Waals surface area contributed by atoms with E-state index in [0.717, 1.165) is 17.7 Å². The summed E-state index contributed by atoms with van der Waals surface area (Å²) in [4.78, 5) is 39.7. The number of rotatable bonds is 6. The van der Waals surface area contributed by atoms with Gasteiger partial charge in [-0.3, -0.25) is 14.4 Å². The summed E-state index contributed by atoms with van der Waals surface area (Å²) in [5.41, 5.74) is 2.62. The van der Waals surface area contributed by atoms with Gasteiger partial charge in [0.05, 0.1) is 7.11 Å². The van der Waals surface area contributed by atoms with Crippen LogP contribution in [0.4, 0.5) is 11.4 Å². The van der Waals surface area contributed by atoms with Crippen LogP contribution >= 0.6 is 0 Å². The van der Waals surface area contributed by atoms with E-state index in [2.05, 4.69) is 10.6 Å². The van der Waals surface area contributed by atoms with Gasteiger partial charge < -0.3 is 20.3 Å². The number of ether oxygens (including phenoxy) is 1. The van der Waals surface area contributed by atoms with Gasteiger partial charge in [0.1, 0.15) is 11.8 Å². The fourth-order valence-corrected chi connectivity index (χ4v) is 4.33. The number of nitrogens with zero attached hydrogens (tertiary/aromatic N) is 1. The summed E-state index contributed by atoms with van der Waals surface area (Å²) in [6.45, 7) is 0.569. The molecular weight excluding hydrogens is 394 g/mol. The molecule has 0 saturated carbocycles. The zero-order valence-corrected chi connectivity index (χ0v) is 17.6. The molecule has 2 aromatic rings. The summed E-state index contributed by atoms with van der Waals surface area (Å²) in [7, 11) is 1.59. The van der Waals surface area contributed by atoms with Crippen molar-refractivity contribution in [1.29, 1.82) is 0 Å². The molecule has 4 rings (SSSR count). The van der Waals surface area contributed by atoms with Gasteiger partial charge in [-0.15, -0.1) is 0 Å². The van der Waals surface area contributed by atoms with Crippen LogP contribution in [0.25, 0.3) is 0 Å². The standard InChI is InChI=1S/C24H27N3O4/c1-31-19-11-9-18(10-12-19)25-24(30)21-7-4-14-27(21)22(28)13-8-17-15-16-5-2-3-6-20(16)26-23(17)29/h2-3,5-6,9-12,17,21H,4,7-8,13-15H2,1H3,(H,25,30)(H,26,29). The highest BCUT2D eigenvalue weighted by Crippen LogP contribution is 2.28. The Morgan fingerprint density at radius 3 is 2.71 bits per heavy atom.